The molecule has 1 aliphatic rings. The van der Waals surface area contributed by atoms with Gasteiger partial charge in [0, 0.05) is 11.3 Å². The Balaban J connectivity index is 2.08. The molecular weight excluding hydrogens is 294 g/mol. The second-order valence-corrected chi connectivity index (χ2v) is 7.92. The van der Waals surface area contributed by atoms with Crippen molar-refractivity contribution in [2.75, 3.05) is 6.26 Å². The van der Waals surface area contributed by atoms with Crippen molar-refractivity contribution in [2.45, 2.75) is 48.5 Å². The lowest BCUT2D eigenvalue weighted by atomic mass is 9.96. The SMILES string of the molecule is CSC1CCC(NS(=O)(=O)c2ccccc2CO)CC1. The quantitative estimate of drug-likeness (QED) is 0.873. The number of thioether (sulfide) groups is 1. The number of rotatable bonds is 5. The molecular formula is C14H21NO3S2. The second kappa shape index (κ2) is 6.93. The number of nitrogens with one attached hydrogen (secondary N) is 1. The summed E-state index contributed by atoms with van der Waals surface area (Å²) >= 11 is 1.86. The molecule has 0 unspecified atom stereocenters. The van der Waals surface area contributed by atoms with Crippen molar-refractivity contribution in [1.82, 2.24) is 4.72 Å². The van der Waals surface area contributed by atoms with Crippen LogP contribution >= 0.6 is 11.8 Å². The maximum absolute atomic E-state index is 12.4. The van der Waals surface area contributed by atoms with E-state index in [0.717, 1.165) is 25.7 Å². The molecule has 6 heteroatoms. The van der Waals surface area contributed by atoms with E-state index in [2.05, 4.69) is 11.0 Å². The van der Waals surface area contributed by atoms with Crippen molar-refractivity contribution < 1.29 is 13.5 Å². The first kappa shape index (κ1) is 15.8. The minimum absolute atomic E-state index is 0.00940. The molecule has 0 saturated heterocycles. The maximum atomic E-state index is 12.4. The minimum Gasteiger partial charge on any atom is -0.392 e. The fourth-order valence-electron chi connectivity index (χ4n) is 2.60. The lowest BCUT2D eigenvalue weighted by Gasteiger charge is -2.28. The molecule has 0 radical (unpaired) electrons. The zero-order valence-electron chi connectivity index (χ0n) is 11.6. The van der Waals surface area contributed by atoms with Crippen molar-refractivity contribution in [2.24, 2.45) is 0 Å². The van der Waals surface area contributed by atoms with Crippen LogP contribution in [0.1, 0.15) is 31.2 Å². The van der Waals surface area contributed by atoms with Gasteiger partial charge in [0.1, 0.15) is 0 Å². The highest BCUT2D eigenvalue weighted by Gasteiger charge is 2.26. The first-order valence-corrected chi connectivity index (χ1v) is 9.58. The van der Waals surface area contributed by atoms with Gasteiger partial charge in [0.05, 0.1) is 11.5 Å². The van der Waals surface area contributed by atoms with Gasteiger partial charge in [0.25, 0.3) is 0 Å². The highest BCUT2D eigenvalue weighted by molar-refractivity contribution is 7.99. The Kier molecular flexibility index (Phi) is 5.49. The zero-order valence-corrected chi connectivity index (χ0v) is 13.2. The first-order valence-electron chi connectivity index (χ1n) is 6.80. The third kappa shape index (κ3) is 3.75. The van der Waals surface area contributed by atoms with Gasteiger partial charge in [0.15, 0.2) is 0 Å². The number of sulfonamides is 1. The maximum Gasteiger partial charge on any atom is 0.241 e. The first-order chi connectivity index (χ1) is 9.56. The van der Waals surface area contributed by atoms with Crippen LogP contribution in [0, 0.1) is 0 Å². The Hall–Kier alpha value is -0.560. The lowest BCUT2D eigenvalue weighted by molar-refractivity contribution is 0.278. The van der Waals surface area contributed by atoms with Crippen molar-refractivity contribution >= 4 is 21.8 Å². The molecule has 20 heavy (non-hydrogen) atoms. The summed E-state index contributed by atoms with van der Waals surface area (Å²) < 4.78 is 27.6. The third-order valence-electron chi connectivity index (χ3n) is 3.76. The van der Waals surface area contributed by atoms with Gasteiger partial charge in [-0.05, 0) is 43.6 Å². The molecule has 0 aliphatic heterocycles. The normalized spacial score (nSPS) is 23.7. The van der Waals surface area contributed by atoms with E-state index in [-0.39, 0.29) is 17.5 Å². The molecule has 0 spiro atoms. The minimum atomic E-state index is -3.54. The van der Waals surface area contributed by atoms with Crippen LogP contribution in [0.4, 0.5) is 0 Å². The molecule has 1 aromatic carbocycles. The Labute approximate surface area is 125 Å². The van der Waals surface area contributed by atoms with Crippen LogP contribution in [0.2, 0.25) is 0 Å². The van der Waals surface area contributed by atoms with Crippen LogP contribution in [0.25, 0.3) is 0 Å². The van der Waals surface area contributed by atoms with Crippen LogP contribution in [0.5, 0.6) is 0 Å². The van der Waals surface area contributed by atoms with E-state index in [1.54, 1.807) is 24.3 Å². The van der Waals surface area contributed by atoms with Gasteiger partial charge in [-0.1, -0.05) is 18.2 Å². The molecule has 0 atom stereocenters. The molecule has 1 aromatic rings. The van der Waals surface area contributed by atoms with Gasteiger partial charge in [-0.2, -0.15) is 11.8 Å². The van der Waals surface area contributed by atoms with Crippen LogP contribution in [-0.4, -0.2) is 31.1 Å². The van der Waals surface area contributed by atoms with E-state index in [4.69, 9.17) is 0 Å². The Morgan fingerprint density at radius 2 is 1.90 bits per heavy atom. The van der Waals surface area contributed by atoms with E-state index in [9.17, 15) is 13.5 Å². The van der Waals surface area contributed by atoms with Gasteiger partial charge in [-0.3, -0.25) is 0 Å². The van der Waals surface area contributed by atoms with Crippen LogP contribution in [0.3, 0.4) is 0 Å². The van der Waals surface area contributed by atoms with Crippen LogP contribution in [0.15, 0.2) is 29.2 Å². The Morgan fingerprint density at radius 3 is 2.50 bits per heavy atom. The lowest BCUT2D eigenvalue weighted by Crippen LogP contribution is -2.38. The number of benzene rings is 1. The van der Waals surface area contributed by atoms with Gasteiger partial charge < -0.3 is 5.11 Å². The molecule has 4 nitrogen and oxygen atoms in total. The second-order valence-electron chi connectivity index (χ2n) is 5.10. The average Bonchev–Trinajstić information content (AvgIpc) is 2.47. The standard InChI is InChI=1S/C14H21NO3S2/c1-19-13-8-6-12(7-9-13)15-20(17,18)14-5-3-2-4-11(14)10-16/h2-5,12-13,15-16H,6-10H2,1H3. The fourth-order valence-corrected chi connectivity index (χ4v) is 4.88. The summed E-state index contributed by atoms with van der Waals surface area (Å²) in [5.41, 5.74) is 0.442. The number of hydrogen-bond donors (Lipinski definition) is 2. The summed E-state index contributed by atoms with van der Waals surface area (Å²) in [5.74, 6) is 0. The number of hydrogen-bond acceptors (Lipinski definition) is 4. The van der Waals surface area contributed by atoms with E-state index in [0.29, 0.717) is 10.8 Å². The third-order valence-corrected chi connectivity index (χ3v) is 6.52. The van der Waals surface area contributed by atoms with Gasteiger partial charge in [-0.25, -0.2) is 13.1 Å². The van der Waals surface area contributed by atoms with Gasteiger partial charge in [0.2, 0.25) is 10.0 Å². The van der Waals surface area contributed by atoms with E-state index >= 15 is 0 Å². The van der Waals surface area contributed by atoms with E-state index in [1.165, 1.54) is 0 Å². The fraction of sp³-hybridized carbons (Fsp3) is 0.571. The topological polar surface area (TPSA) is 66.4 Å². The van der Waals surface area contributed by atoms with Crippen LogP contribution in [-0.2, 0) is 16.6 Å². The molecule has 2 N–H and O–H groups in total. The van der Waals surface area contributed by atoms with Crippen molar-refractivity contribution in [1.29, 1.82) is 0 Å². The van der Waals surface area contributed by atoms with Crippen molar-refractivity contribution in [3.63, 3.8) is 0 Å². The zero-order chi connectivity index (χ0) is 14.6. The Morgan fingerprint density at radius 1 is 1.25 bits per heavy atom. The van der Waals surface area contributed by atoms with Gasteiger partial charge in [-0.15, -0.1) is 0 Å². The molecule has 0 heterocycles. The summed E-state index contributed by atoms with van der Waals surface area (Å²) in [5, 5.41) is 9.91. The smallest absolute Gasteiger partial charge is 0.241 e. The highest BCUT2D eigenvalue weighted by Crippen LogP contribution is 2.28. The van der Waals surface area contributed by atoms with Crippen molar-refractivity contribution in [3.05, 3.63) is 29.8 Å². The number of aliphatic hydroxyl groups excluding tert-OH is 1. The predicted molar refractivity (Wildman–Crippen MR) is 82.2 cm³/mol. The monoisotopic (exact) mass is 315 g/mol. The molecule has 1 saturated carbocycles. The van der Waals surface area contributed by atoms with E-state index < -0.39 is 10.0 Å². The largest absolute Gasteiger partial charge is 0.392 e. The summed E-state index contributed by atoms with van der Waals surface area (Å²) in [6.07, 6.45) is 5.97. The molecule has 2 rings (SSSR count). The molecule has 0 amide bonds. The molecule has 1 fully saturated rings. The highest BCUT2D eigenvalue weighted by atomic mass is 32.2. The summed E-state index contributed by atoms with van der Waals surface area (Å²) in [6.45, 7) is -0.268. The summed E-state index contributed by atoms with van der Waals surface area (Å²) in [7, 11) is -3.54. The van der Waals surface area contributed by atoms with Gasteiger partial charge >= 0.3 is 0 Å². The molecule has 112 valence electrons. The summed E-state index contributed by atoms with van der Waals surface area (Å²) in [6, 6.07) is 6.60. The van der Waals surface area contributed by atoms with Crippen molar-refractivity contribution in [3.8, 4) is 0 Å². The van der Waals surface area contributed by atoms with Crippen LogP contribution < -0.4 is 4.72 Å². The molecule has 0 aromatic heterocycles. The summed E-state index contributed by atoms with van der Waals surface area (Å²) in [4.78, 5) is 0.189. The van der Waals surface area contributed by atoms with E-state index in [1.807, 2.05) is 11.8 Å². The predicted octanol–water partition coefficient (Wildman–Crippen LogP) is 2.13. The molecule has 0 bridgehead atoms. The number of aliphatic hydroxyl groups is 1. The molecule has 1 aliphatic carbocycles. The Bertz CT molecular complexity index is 537. The average molecular weight is 315 g/mol.